The summed E-state index contributed by atoms with van der Waals surface area (Å²) in [6, 6.07) is -0.277. The van der Waals surface area contributed by atoms with Crippen LogP contribution in [0.4, 0.5) is 0 Å². The Labute approximate surface area is 83.4 Å². The molecular formula is C9H17N3O2. The Morgan fingerprint density at radius 3 is 2.57 bits per heavy atom. The molecule has 0 aromatic carbocycles. The molecule has 1 unspecified atom stereocenters. The first-order valence-corrected chi connectivity index (χ1v) is 4.64. The van der Waals surface area contributed by atoms with Crippen LogP contribution in [0.3, 0.4) is 0 Å². The molecule has 0 spiro atoms. The zero-order valence-electron chi connectivity index (χ0n) is 8.51. The van der Waals surface area contributed by atoms with E-state index in [-0.39, 0.29) is 25.3 Å². The van der Waals surface area contributed by atoms with Gasteiger partial charge < -0.3 is 20.1 Å². The van der Waals surface area contributed by atoms with Gasteiger partial charge in [-0.3, -0.25) is 0 Å². The van der Waals surface area contributed by atoms with Crippen molar-refractivity contribution in [2.75, 3.05) is 13.2 Å². The topological polar surface area (TPSA) is 70.3 Å². The zero-order chi connectivity index (χ0) is 10.6. The van der Waals surface area contributed by atoms with Crippen LogP contribution in [-0.4, -0.2) is 39.0 Å². The second kappa shape index (κ2) is 5.09. The summed E-state index contributed by atoms with van der Waals surface area (Å²) in [5, 5.41) is 20.9. The van der Waals surface area contributed by atoms with Crippen molar-refractivity contribution >= 4 is 0 Å². The molecule has 3 N–H and O–H groups in total. The predicted octanol–water partition coefficient (Wildman–Crippen LogP) is -0.576. The number of nitrogens with zero attached hydrogens (tertiary/aromatic N) is 2. The zero-order valence-corrected chi connectivity index (χ0v) is 8.51. The summed E-state index contributed by atoms with van der Waals surface area (Å²) in [5.41, 5.74) is 0. The molecule has 80 valence electrons. The molecule has 0 aliphatic heterocycles. The number of hydrogen-bond donors (Lipinski definition) is 3. The van der Waals surface area contributed by atoms with E-state index in [1.54, 1.807) is 6.20 Å². The largest absolute Gasteiger partial charge is 0.395 e. The van der Waals surface area contributed by atoms with Gasteiger partial charge in [-0.05, 0) is 6.92 Å². The molecule has 1 aromatic rings. The normalized spacial score (nSPS) is 13.5. The van der Waals surface area contributed by atoms with Crippen molar-refractivity contribution in [1.82, 2.24) is 14.9 Å². The van der Waals surface area contributed by atoms with Crippen LogP contribution < -0.4 is 5.32 Å². The van der Waals surface area contributed by atoms with E-state index in [0.29, 0.717) is 0 Å². The van der Waals surface area contributed by atoms with Crippen molar-refractivity contribution < 1.29 is 10.2 Å². The minimum Gasteiger partial charge on any atom is -0.395 e. The van der Waals surface area contributed by atoms with Crippen molar-refractivity contribution in [3.05, 3.63) is 18.2 Å². The third kappa shape index (κ3) is 2.54. The molecule has 0 fully saturated rings. The summed E-state index contributed by atoms with van der Waals surface area (Å²) in [6.07, 6.45) is 3.58. The lowest BCUT2D eigenvalue weighted by atomic mass is 10.2. The minimum absolute atomic E-state index is 0.0132. The highest BCUT2D eigenvalue weighted by molar-refractivity contribution is 4.97. The first kappa shape index (κ1) is 11.2. The fourth-order valence-electron chi connectivity index (χ4n) is 1.39. The standard InChI is InChI=1S/C9H17N3O2/c1-7(11-8(5-13)6-14)9-10-3-4-12(9)2/h3-4,7-8,11,13-14H,5-6H2,1-2H3. The Morgan fingerprint density at radius 1 is 1.50 bits per heavy atom. The van der Waals surface area contributed by atoms with Crippen molar-refractivity contribution in [2.45, 2.75) is 19.0 Å². The van der Waals surface area contributed by atoms with Gasteiger partial charge in [-0.15, -0.1) is 0 Å². The van der Waals surface area contributed by atoms with Crippen LogP contribution in [0.2, 0.25) is 0 Å². The van der Waals surface area contributed by atoms with Gasteiger partial charge in [0.1, 0.15) is 5.82 Å². The number of aliphatic hydroxyl groups is 2. The average molecular weight is 199 g/mol. The quantitative estimate of drug-likeness (QED) is 0.593. The summed E-state index contributed by atoms with van der Waals surface area (Å²) >= 11 is 0. The van der Waals surface area contributed by atoms with E-state index < -0.39 is 0 Å². The number of rotatable bonds is 5. The van der Waals surface area contributed by atoms with Gasteiger partial charge in [0.05, 0.1) is 25.3 Å². The second-order valence-corrected chi connectivity index (χ2v) is 3.35. The van der Waals surface area contributed by atoms with Crippen molar-refractivity contribution in [3.63, 3.8) is 0 Å². The first-order chi connectivity index (χ1) is 6.69. The summed E-state index contributed by atoms with van der Waals surface area (Å²) < 4.78 is 1.91. The molecule has 0 saturated carbocycles. The Kier molecular flexibility index (Phi) is 4.06. The van der Waals surface area contributed by atoms with E-state index in [1.807, 2.05) is 24.7 Å². The number of aryl methyl sites for hydroxylation is 1. The predicted molar refractivity (Wildman–Crippen MR) is 52.7 cm³/mol. The van der Waals surface area contributed by atoms with Gasteiger partial charge in [-0.1, -0.05) is 0 Å². The summed E-state index contributed by atoms with van der Waals surface area (Å²) in [6.45, 7) is 1.79. The second-order valence-electron chi connectivity index (χ2n) is 3.35. The van der Waals surface area contributed by atoms with Crippen LogP contribution in [0.5, 0.6) is 0 Å². The molecule has 1 atom stereocenters. The lowest BCUT2D eigenvalue weighted by Gasteiger charge is -2.19. The van der Waals surface area contributed by atoms with Crippen molar-refractivity contribution in [3.8, 4) is 0 Å². The van der Waals surface area contributed by atoms with E-state index in [2.05, 4.69) is 10.3 Å². The number of imidazole rings is 1. The first-order valence-electron chi connectivity index (χ1n) is 4.64. The molecule has 0 aliphatic carbocycles. The third-order valence-electron chi connectivity index (χ3n) is 2.17. The maximum absolute atomic E-state index is 8.89. The Hall–Kier alpha value is -0.910. The van der Waals surface area contributed by atoms with E-state index in [1.165, 1.54) is 0 Å². The average Bonchev–Trinajstić information content (AvgIpc) is 2.60. The molecule has 1 heterocycles. The lowest BCUT2D eigenvalue weighted by Crippen LogP contribution is -2.38. The van der Waals surface area contributed by atoms with E-state index >= 15 is 0 Å². The van der Waals surface area contributed by atoms with Crippen LogP contribution in [0, 0.1) is 0 Å². The number of aromatic nitrogens is 2. The number of hydrogen-bond acceptors (Lipinski definition) is 4. The molecule has 1 aromatic heterocycles. The van der Waals surface area contributed by atoms with Gasteiger partial charge in [-0.2, -0.15) is 0 Å². The van der Waals surface area contributed by atoms with Gasteiger partial charge in [0.25, 0.3) is 0 Å². The molecule has 1 rings (SSSR count). The summed E-state index contributed by atoms with van der Waals surface area (Å²) in [7, 11) is 1.91. The maximum Gasteiger partial charge on any atom is 0.125 e. The summed E-state index contributed by atoms with van der Waals surface area (Å²) in [5.74, 6) is 0.886. The molecule has 0 amide bonds. The Bertz CT molecular complexity index is 271. The maximum atomic E-state index is 8.89. The molecule has 0 radical (unpaired) electrons. The van der Waals surface area contributed by atoms with Gasteiger partial charge in [0.15, 0.2) is 0 Å². The Balaban J connectivity index is 2.58. The smallest absolute Gasteiger partial charge is 0.125 e. The fourth-order valence-corrected chi connectivity index (χ4v) is 1.39. The Morgan fingerprint density at radius 2 is 2.14 bits per heavy atom. The SMILES string of the molecule is CC(NC(CO)CO)c1nccn1C. The number of aliphatic hydroxyl groups excluding tert-OH is 2. The van der Waals surface area contributed by atoms with Crippen LogP contribution in [0.1, 0.15) is 18.8 Å². The minimum atomic E-state index is -0.290. The van der Waals surface area contributed by atoms with Gasteiger partial charge in [0.2, 0.25) is 0 Å². The highest BCUT2D eigenvalue weighted by Crippen LogP contribution is 2.08. The van der Waals surface area contributed by atoms with Crippen LogP contribution >= 0.6 is 0 Å². The van der Waals surface area contributed by atoms with Gasteiger partial charge in [-0.25, -0.2) is 4.98 Å². The molecule has 14 heavy (non-hydrogen) atoms. The monoisotopic (exact) mass is 199 g/mol. The molecule has 5 heteroatoms. The molecular weight excluding hydrogens is 182 g/mol. The molecule has 0 aliphatic rings. The molecule has 5 nitrogen and oxygen atoms in total. The highest BCUT2D eigenvalue weighted by atomic mass is 16.3. The lowest BCUT2D eigenvalue weighted by molar-refractivity contribution is 0.162. The fraction of sp³-hybridized carbons (Fsp3) is 0.667. The van der Waals surface area contributed by atoms with E-state index in [0.717, 1.165) is 5.82 Å². The molecule has 0 bridgehead atoms. The summed E-state index contributed by atoms with van der Waals surface area (Å²) in [4.78, 5) is 4.17. The van der Waals surface area contributed by atoms with Crippen molar-refractivity contribution in [1.29, 1.82) is 0 Å². The number of nitrogens with one attached hydrogen (secondary N) is 1. The highest BCUT2D eigenvalue weighted by Gasteiger charge is 2.14. The molecule has 0 saturated heterocycles. The van der Waals surface area contributed by atoms with E-state index in [9.17, 15) is 0 Å². The van der Waals surface area contributed by atoms with Gasteiger partial charge in [0, 0.05) is 19.4 Å². The van der Waals surface area contributed by atoms with Crippen LogP contribution in [0.25, 0.3) is 0 Å². The third-order valence-corrected chi connectivity index (χ3v) is 2.17. The van der Waals surface area contributed by atoms with E-state index in [4.69, 9.17) is 10.2 Å². The van der Waals surface area contributed by atoms with Crippen molar-refractivity contribution in [2.24, 2.45) is 7.05 Å². The van der Waals surface area contributed by atoms with Crippen LogP contribution in [-0.2, 0) is 7.05 Å². The van der Waals surface area contributed by atoms with Gasteiger partial charge >= 0.3 is 0 Å². The van der Waals surface area contributed by atoms with Crippen LogP contribution in [0.15, 0.2) is 12.4 Å².